The smallest absolute Gasteiger partial charge is 0.337 e. The number of rotatable bonds is 13. The Hall–Kier alpha value is -2.90. The van der Waals surface area contributed by atoms with Gasteiger partial charge in [0.2, 0.25) is 5.95 Å². The van der Waals surface area contributed by atoms with Crippen LogP contribution in [0.15, 0.2) is 42.5 Å². The molecule has 1 saturated heterocycles. The lowest BCUT2D eigenvalue weighted by Gasteiger charge is -2.26. The van der Waals surface area contributed by atoms with E-state index in [1.807, 2.05) is 12.1 Å². The molecule has 1 N–H and O–H groups in total. The summed E-state index contributed by atoms with van der Waals surface area (Å²) >= 11 is 0. The zero-order valence-electron chi connectivity index (χ0n) is 24.6. The molecule has 1 aliphatic heterocycles. The molecule has 212 valence electrons. The number of esters is 1. The first-order chi connectivity index (χ1) is 18.8. The highest BCUT2D eigenvalue weighted by Gasteiger charge is 2.16. The van der Waals surface area contributed by atoms with Gasteiger partial charge in [-0.05, 0) is 92.7 Å². The van der Waals surface area contributed by atoms with E-state index < -0.39 is 0 Å². The normalized spacial score (nSPS) is 14.6. The van der Waals surface area contributed by atoms with Crippen molar-refractivity contribution in [1.82, 2.24) is 19.4 Å². The lowest BCUT2D eigenvalue weighted by Crippen LogP contribution is -2.31. The summed E-state index contributed by atoms with van der Waals surface area (Å²) in [6.07, 6.45) is 5.07. The largest absolute Gasteiger partial charge is 0.465 e. The van der Waals surface area contributed by atoms with Crippen molar-refractivity contribution in [1.29, 1.82) is 0 Å². The molecule has 0 spiro atoms. The minimum Gasteiger partial charge on any atom is -0.465 e. The molecule has 1 aliphatic rings. The molecule has 39 heavy (non-hydrogen) atoms. The Morgan fingerprint density at radius 1 is 0.974 bits per heavy atom. The maximum Gasteiger partial charge on any atom is 0.337 e. The third kappa shape index (κ3) is 8.29. The zero-order valence-corrected chi connectivity index (χ0v) is 24.6. The Morgan fingerprint density at radius 2 is 1.67 bits per heavy atom. The van der Waals surface area contributed by atoms with Gasteiger partial charge in [-0.3, -0.25) is 4.90 Å². The molecule has 0 amide bonds. The van der Waals surface area contributed by atoms with Crippen molar-refractivity contribution in [2.75, 3.05) is 45.2 Å². The van der Waals surface area contributed by atoms with E-state index in [9.17, 15) is 4.79 Å². The van der Waals surface area contributed by atoms with Gasteiger partial charge in [0.15, 0.2) is 0 Å². The Bertz CT molecular complexity index is 1190. The van der Waals surface area contributed by atoms with Crippen LogP contribution in [0.1, 0.15) is 69.3 Å². The van der Waals surface area contributed by atoms with E-state index in [4.69, 9.17) is 9.72 Å². The van der Waals surface area contributed by atoms with Crippen LogP contribution in [0.2, 0.25) is 0 Å². The van der Waals surface area contributed by atoms with Crippen LogP contribution < -0.4 is 5.32 Å². The monoisotopic (exact) mass is 533 g/mol. The predicted molar refractivity (Wildman–Crippen MR) is 161 cm³/mol. The molecule has 0 unspecified atom stereocenters. The molecule has 0 atom stereocenters. The van der Waals surface area contributed by atoms with Gasteiger partial charge in [-0.25, -0.2) is 9.78 Å². The van der Waals surface area contributed by atoms with Gasteiger partial charge >= 0.3 is 5.97 Å². The van der Waals surface area contributed by atoms with Crippen LogP contribution in [0, 0.1) is 11.8 Å². The molecule has 3 aromatic rings. The van der Waals surface area contributed by atoms with Crippen molar-refractivity contribution in [2.45, 2.75) is 66.5 Å². The summed E-state index contributed by atoms with van der Waals surface area (Å²) in [5.74, 6) is 1.78. The SMILES string of the molecule is COC(=O)c1ccc(Nc2nc3ccc(CN(CC(C)C)CC(C)C)cc3n2CCCN2CCCCC2)cc1. The second-order valence-corrected chi connectivity index (χ2v) is 11.8. The Labute approximate surface area is 234 Å². The number of likely N-dealkylation sites (tertiary alicyclic amines) is 1. The number of nitrogens with zero attached hydrogens (tertiary/aromatic N) is 4. The van der Waals surface area contributed by atoms with Crippen LogP contribution in [-0.4, -0.2) is 65.2 Å². The molecule has 0 saturated carbocycles. The number of benzene rings is 2. The van der Waals surface area contributed by atoms with E-state index in [2.05, 4.69) is 65.6 Å². The fraction of sp³-hybridized carbons (Fsp3) is 0.562. The molecular weight excluding hydrogens is 486 g/mol. The van der Waals surface area contributed by atoms with Crippen molar-refractivity contribution in [3.05, 3.63) is 53.6 Å². The van der Waals surface area contributed by atoms with Crippen LogP contribution in [0.25, 0.3) is 11.0 Å². The summed E-state index contributed by atoms with van der Waals surface area (Å²) in [6, 6.07) is 14.1. The van der Waals surface area contributed by atoms with E-state index in [0.717, 1.165) is 56.3 Å². The number of anilines is 2. The van der Waals surface area contributed by atoms with Crippen LogP contribution in [0.3, 0.4) is 0 Å². The quantitative estimate of drug-likeness (QED) is 0.251. The van der Waals surface area contributed by atoms with Gasteiger partial charge < -0.3 is 19.5 Å². The van der Waals surface area contributed by atoms with Crippen LogP contribution in [0.5, 0.6) is 0 Å². The first-order valence-electron chi connectivity index (χ1n) is 14.7. The lowest BCUT2D eigenvalue weighted by molar-refractivity contribution is 0.0600. The van der Waals surface area contributed by atoms with E-state index >= 15 is 0 Å². The number of aromatic nitrogens is 2. The number of ether oxygens (including phenoxy) is 1. The molecule has 1 fully saturated rings. The van der Waals surface area contributed by atoms with E-state index in [1.54, 1.807) is 12.1 Å². The third-order valence-electron chi connectivity index (χ3n) is 7.33. The average molecular weight is 534 g/mol. The second-order valence-electron chi connectivity index (χ2n) is 11.8. The Balaban J connectivity index is 1.59. The summed E-state index contributed by atoms with van der Waals surface area (Å²) in [4.78, 5) is 22.0. The van der Waals surface area contributed by atoms with Gasteiger partial charge in [-0.15, -0.1) is 0 Å². The van der Waals surface area contributed by atoms with Gasteiger partial charge in [-0.2, -0.15) is 0 Å². The van der Waals surface area contributed by atoms with Crippen molar-refractivity contribution in [2.24, 2.45) is 11.8 Å². The number of aryl methyl sites for hydroxylation is 1. The highest BCUT2D eigenvalue weighted by Crippen LogP contribution is 2.26. The van der Waals surface area contributed by atoms with Gasteiger partial charge in [0, 0.05) is 31.9 Å². The maximum atomic E-state index is 11.9. The average Bonchev–Trinajstić information content (AvgIpc) is 3.24. The van der Waals surface area contributed by atoms with E-state index in [0.29, 0.717) is 17.4 Å². The van der Waals surface area contributed by atoms with E-state index in [1.165, 1.54) is 50.5 Å². The molecule has 7 nitrogen and oxygen atoms in total. The summed E-state index contributed by atoms with van der Waals surface area (Å²) < 4.78 is 7.18. The first kappa shape index (κ1) is 29.1. The maximum absolute atomic E-state index is 11.9. The van der Waals surface area contributed by atoms with Gasteiger partial charge in [0.05, 0.1) is 23.7 Å². The molecule has 4 rings (SSSR count). The summed E-state index contributed by atoms with van der Waals surface area (Å²) in [5, 5.41) is 3.52. The van der Waals surface area contributed by atoms with Crippen molar-refractivity contribution >= 4 is 28.6 Å². The zero-order chi connectivity index (χ0) is 27.8. The highest BCUT2D eigenvalue weighted by atomic mass is 16.5. The third-order valence-corrected chi connectivity index (χ3v) is 7.33. The number of carbonyl (C=O) groups excluding carboxylic acids is 1. The molecule has 7 heteroatoms. The van der Waals surface area contributed by atoms with Gasteiger partial charge in [0.1, 0.15) is 0 Å². The standard InChI is InChI=1S/C32H47N5O2/c1-24(2)21-36(22-25(3)4)23-26-10-15-29-30(20-26)37(19-9-18-35-16-7-6-8-17-35)32(34-29)33-28-13-11-27(12-14-28)31(38)39-5/h10-15,20,24-25H,6-9,16-19,21-23H2,1-5H3,(H,33,34). The minimum absolute atomic E-state index is 0.331. The van der Waals surface area contributed by atoms with Crippen LogP contribution >= 0.6 is 0 Å². The number of imidazole rings is 1. The minimum atomic E-state index is -0.331. The number of fused-ring (bicyclic) bond motifs is 1. The number of methoxy groups -OCH3 is 1. The van der Waals surface area contributed by atoms with Crippen molar-refractivity contribution in [3.63, 3.8) is 0 Å². The van der Waals surface area contributed by atoms with Gasteiger partial charge in [0.25, 0.3) is 0 Å². The highest BCUT2D eigenvalue weighted by molar-refractivity contribution is 5.89. The second kappa shape index (κ2) is 13.9. The predicted octanol–water partition coefficient (Wildman–Crippen LogP) is 6.56. The first-order valence-corrected chi connectivity index (χ1v) is 14.7. The molecule has 0 radical (unpaired) electrons. The molecule has 0 aliphatic carbocycles. The number of carbonyl (C=O) groups is 1. The topological polar surface area (TPSA) is 62.6 Å². The number of hydrogen-bond donors (Lipinski definition) is 1. The molecule has 0 bridgehead atoms. The van der Waals surface area contributed by atoms with Gasteiger partial charge in [-0.1, -0.05) is 40.2 Å². The Kier molecular flexibility index (Phi) is 10.4. The van der Waals surface area contributed by atoms with Crippen LogP contribution in [-0.2, 0) is 17.8 Å². The molecule has 1 aromatic heterocycles. The fourth-order valence-corrected chi connectivity index (χ4v) is 5.66. The summed E-state index contributed by atoms with van der Waals surface area (Å²) in [7, 11) is 1.40. The summed E-state index contributed by atoms with van der Waals surface area (Å²) in [6.45, 7) is 16.8. The molecule has 2 aromatic carbocycles. The molecule has 2 heterocycles. The lowest BCUT2D eigenvalue weighted by atomic mass is 10.1. The van der Waals surface area contributed by atoms with Crippen LogP contribution in [0.4, 0.5) is 11.6 Å². The Morgan fingerprint density at radius 3 is 2.31 bits per heavy atom. The van der Waals surface area contributed by atoms with E-state index in [-0.39, 0.29) is 5.97 Å². The summed E-state index contributed by atoms with van der Waals surface area (Å²) in [5.41, 5.74) is 4.94. The molecular formula is C32H47N5O2. The number of nitrogens with one attached hydrogen (secondary N) is 1. The van der Waals surface area contributed by atoms with Crippen molar-refractivity contribution in [3.8, 4) is 0 Å². The fourth-order valence-electron chi connectivity index (χ4n) is 5.66. The number of hydrogen-bond acceptors (Lipinski definition) is 6. The number of piperidine rings is 1. The van der Waals surface area contributed by atoms with Crippen molar-refractivity contribution < 1.29 is 9.53 Å².